The summed E-state index contributed by atoms with van der Waals surface area (Å²) >= 11 is 5.46. The molecule has 0 radical (unpaired) electrons. The van der Waals surface area contributed by atoms with Gasteiger partial charge in [0.2, 0.25) is 0 Å². The highest BCUT2D eigenvalue weighted by Crippen LogP contribution is 2.37. The average molecular weight is 338 g/mol. The molecule has 2 aromatic rings. The highest BCUT2D eigenvalue weighted by molar-refractivity contribution is 8.00. The monoisotopic (exact) mass is 337 g/mol. The maximum absolute atomic E-state index is 4.33. The first-order valence-corrected chi connectivity index (χ1v) is 10.1. The molecule has 1 aromatic heterocycles. The first kappa shape index (κ1) is 15.3. The molecule has 112 valence electrons. The molecule has 0 saturated carbocycles. The normalized spacial score (nSPS) is 23.3. The molecule has 0 spiro atoms. The molecule has 3 rings (SSSR count). The van der Waals surface area contributed by atoms with Crippen LogP contribution in [-0.2, 0) is 6.54 Å². The molecule has 1 aromatic carbocycles. The zero-order valence-corrected chi connectivity index (χ0v) is 14.7. The van der Waals surface area contributed by atoms with Gasteiger partial charge in [-0.25, -0.2) is 0 Å². The highest BCUT2D eigenvalue weighted by atomic mass is 32.2. The zero-order valence-electron chi connectivity index (χ0n) is 12.2. The summed E-state index contributed by atoms with van der Waals surface area (Å²) in [4.78, 5) is 2.56. The van der Waals surface area contributed by atoms with Gasteiger partial charge in [0.1, 0.15) is 5.01 Å². The maximum Gasteiger partial charge on any atom is 0.174 e. The summed E-state index contributed by atoms with van der Waals surface area (Å²) in [6.07, 6.45) is 2.05. The van der Waals surface area contributed by atoms with Crippen LogP contribution >= 0.6 is 34.9 Å². The van der Waals surface area contributed by atoms with Gasteiger partial charge in [0.05, 0.1) is 6.54 Å². The molecule has 0 aliphatic carbocycles. The summed E-state index contributed by atoms with van der Waals surface area (Å²) in [6.45, 7) is 4.35. The molecule has 3 nitrogen and oxygen atoms in total. The van der Waals surface area contributed by atoms with E-state index in [4.69, 9.17) is 0 Å². The maximum atomic E-state index is 4.33. The van der Waals surface area contributed by atoms with E-state index in [1.54, 1.807) is 23.1 Å². The van der Waals surface area contributed by atoms with Crippen molar-refractivity contribution in [3.8, 4) is 0 Å². The number of nitrogens with zero attached hydrogens (tertiary/aromatic N) is 3. The van der Waals surface area contributed by atoms with Gasteiger partial charge in [0.15, 0.2) is 4.34 Å². The fourth-order valence-electron chi connectivity index (χ4n) is 2.75. The summed E-state index contributed by atoms with van der Waals surface area (Å²) in [5.74, 6) is 1.19. The Labute approximate surface area is 138 Å². The highest BCUT2D eigenvalue weighted by Gasteiger charge is 2.30. The van der Waals surface area contributed by atoms with E-state index < -0.39 is 0 Å². The second-order valence-electron chi connectivity index (χ2n) is 5.07. The van der Waals surface area contributed by atoms with E-state index >= 15 is 0 Å². The van der Waals surface area contributed by atoms with Crippen molar-refractivity contribution in [2.75, 3.05) is 18.6 Å². The molecule has 1 fully saturated rings. The van der Waals surface area contributed by atoms with Crippen LogP contribution in [0.25, 0.3) is 0 Å². The van der Waals surface area contributed by atoms with E-state index in [2.05, 4.69) is 70.4 Å². The van der Waals surface area contributed by atoms with Gasteiger partial charge in [-0.3, -0.25) is 4.90 Å². The van der Waals surface area contributed by atoms with Crippen LogP contribution in [0.1, 0.15) is 23.5 Å². The Kier molecular flexibility index (Phi) is 5.21. The van der Waals surface area contributed by atoms with E-state index in [1.165, 1.54) is 11.3 Å². The Balaban J connectivity index is 1.80. The zero-order chi connectivity index (χ0) is 14.7. The molecule has 6 heteroatoms. The van der Waals surface area contributed by atoms with Crippen molar-refractivity contribution >= 4 is 34.9 Å². The van der Waals surface area contributed by atoms with E-state index in [9.17, 15) is 0 Å². The van der Waals surface area contributed by atoms with E-state index in [1.807, 2.05) is 0 Å². The van der Waals surface area contributed by atoms with Crippen LogP contribution in [0.5, 0.6) is 0 Å². The molecule has 0 N–H and O–H groups in total. The van der Waals surface area contributed by atoms with Crippen LogP contribution in [-0.4, -0.2) is 38.9 Å². The molecule has 0 bridgehead atoms. The van der Waals surface area contributed by atoms with E-state index in [0.29, 0.717) is 11.3 Å². The first-order chi connectivity index (χ1) is 10.3. The van der Waals surface area contributed by atoms with E-state index in [-0.39, 0.29) is 0 Å². The molecule has 21 heavy (non-hydrogen) atoms. The van der Waals surface area contributed by atoms with Crippen LogP contribution in [0.15, 0.2) is 34.7 Å². The predicted octanol–water partition coefficient (Wildman–Crippen LogP) is 3.94. The second kappa shape index (κ2) is 7.13. The third-order valence-corrected chi connectivity index (χ3v) is 6.79. The van der Waals surface area contributed by atoms with Gasteiger partial charge in [-0.2, -0.15) is 11.8 Å². The molecule has 2 heterocycles. The van der Waals surface area contributed by atoms with E-state index in [0.717, 1.165) is 22.4 Å². The minimum absolute atomic E-state index is 0.464. The minimum Gasteiger partial charge on any atom is -0.288 e. The number of rotatable bonds is 4. The van der Waals surface area contributed by atoms with Crippen molar-refractivity contribution < 1.29 is 0 Å². The van der Waals surface area contributed by atoms with Gasteiger partial charge in [-0.15, -0.1) is 10.2 Å². The van der Waals surface area contributed by atoms with Gasteiger partial charge in [-0.1, -0.05) is 60.4 Å². The fourth-order valence-corrected chi connectivity index (χ4v) is 5.31. The largest absolute Gasteiger partial charge is 0.288 e. The molecule has 0 amide bonds. The van der Waals surface area contributed by atoms with Crippen molar-refractivity contribution in [1.29, 1.82) is 0 Å². The van der Waals surface area contributed by atoms with Crippen molar-refractivity contribution in [3.63, 3.8) is 0 Å². The van der Waals surface area contributed by atoms with Crippen LogP contribution in [0.4, 0.5) is 0 Å². The minimum atomic E-state index is 0.464. The van der Waals surface area contributed by atoms with Crippen molar-refractivity contribution in [3.05, 3.63) is 40.9 Å². The standard InChI is InChI=1S/C15H19N3S3/c1-11-14(12-6-4-3-5-7-12)18(8-9-20-11)10-13-16-17-15(19-2)21-13/h3-7,11,14H,8-10H2,1-2H3. The number of hydrogen-bond acceptors (Lipinski definition) is 6. The lowest BCUT2D eigenvalue weighted by Gasteiger charge is -2.39. The van der Waals surface area contributed by atoms with Crippen LogP contribution in [0.2, 0.25) is 0 Å². The Hall–Kier alpha value is -0.560. The summed E-state index contributed by atoms with van der Waals surface area (Å²) in [5, 5.41) is 10.3. The summed E-state index contributed by atoms with van der Waals surface area (Å²) in [5.41, 5.74) is 1.41. The number of hydrogen-bond donors (Lipinski definition) is 0. The Morgan fingerprint density at radius 1 is 1.29 bits per heavy atom. The predicted molar refractivity (Wildman–Crippen MR) is 93.2 cm³/mol. The van der Waals surface area contributed by atoms with Crippen molar-refractivity contribution in [2.24, 2.45) is 0 Å². The van der Waals surface area contributed by atoms with Crippen LogP contribution in [0.3, 0.4) is 0 Å². The second-order valence-corrected chi connectivity index (χ2v) is 8.67. The molecular weight excluding hydrogens is 318 g/mol. The topological polar surface area (TPSA) is 29.0 Å². The van der Waals surface area contributed by atoms with Gasteiger partial charge in [-0.05, 0) is 11.8 Å². The third kappa shape index (κ3) is 3.62. The van der Waals surface area contributed by atoms with Crippen LogP contribution < -0.4 is 0 Å². The number of benzene rings is 1. The molecule has 2 atom stereocenters. The quantitative estimate of drug-likeness (QED) is 0.788. The fraction of sp³-hybridized carbons (Fsp3) is 0.467. The van der Waals surface area contributed by atoms with Crippen molar-refractivity contribution in [2.45, 2.75) is 29.1 Å². The molecule has 1 aliphatic rings. The Morgan fingerprint density at radius 3 is 2.81 bits per heavy atom. The Bertz CT molecular complexity index is 573. The average Bonchev–Trinajstić information content (AvgIpc) is 2.96. The molecule has 1 saturated heterocycles. The number of aromatic nitrogens is 2. The first-order valence-electron chi connectivity index (χ1n) is 7.05. The molecular formula is C15H19N3S3. The Morgan fingerprint density at radius 2 is 2.10 bits per heavy atom. The SMILES string of the molecule is CSc1nnc(CN2CCSC(C)C2c2ccccc2)s1. The summed E-state index contributed by atoms with van der Waals surface area (Å²) in [7, 11) is 0. The molecule has 2 unspecified atom stereocenters. The van der Waals surface area contributed by atoms with Gasteiger partial charge in [0.25, 0.3) is 0 Å². The smallest absolute Gasteiger partial charge is 0.174 e. The number of thioether (sulfide) groups is 2. The van der Waals surface area contributed by atoms with Crippen molar-refractivity contribution in [1.82, 2.24) is 15.1 Å². The van der Waals surface area contributed by atoms with Gasteiger partial charge in [0, 0.05) is 23.6 Å². The van der Waals surface area contributed by atoms with Gasteiger partial charge < -0.3 is 0 Å². The van der Waals surface area contributed by atoms with Crippen LogP contribution in [0, 0.1) is 0 Å². The third-order valence-electron chi connectivity index (χ3n) is 3.70. The lowest BCUT2D eigenvalue weighted by molar-refractivity contribution is 0.191. The van der Waals surface area contributed by atoms with Gasteiger partial charge >= 0.3 is 0 Å². The lowest BCUT2D eigenvalue weighted by atomic mass is 10.0. The molecule has 1 aliphatic heterocycles. The summed E-state index contributed by atoms with van der Waals surface area (Å²) in [6, 6.07) is 11.3. The lowest BCUT2D eigenvalue weighted by Crippen LogP contribution is -2.39. The summed E-state index contributed by atoms with van der Waals surface area (Å²) < 4.78 is 1.06.